The molecule has 0 spiro atoms. The molecule has 0 radical (unpaired) electrons. The number of hydrogen-bond acceptors (Lipinski definition) is 7. The normalized spacial score (nSPS) is 11.0. The minimum absolute atomic E-state index is 0.0369. The summed E-state index contributed by atoms with van der Waals surface area (Å²) in [6.07, 6.45) is 0. The number of benzene rings is 2. The first-order valence-electron chi connectivity index (χ1n) is 7.27. The first-order valence-corrected chi connectivity index (χ1v) is 8.15. The summed E-state index contributed by atoms with van der Waals surface area (Å²) >= 11 is 1.22. The van der Waals surface area contributed by atoms with Gasteiger partial charge in [-0.15, -0.1) is 11.3 Å². The highest BCUT2D eigenvalue weighted by molar-refractivity contribution is 7.12. The molecule has 0 unspecified atom stereocenters. The van der Waals surface area contributed by atoms with Gasteiger partial charge in [0.25, 0.3) is 5.69 Å². The van der Waals surface area contributed by atoms with Gasteiger partial charge in [0, 0.05) is 23.1 Å². The molecule has 0 amide bonds. The third-order valence-electron chi connectivity index (χ3n) is 3.31. The van der Waals surface area contributed by atoms with Crippen molar-refractivity contribution in [3.05, 3.63) is 74.9 Å². The van der Waals surface area contributed by atoms with E-state index in [9.17, 15) is 19.8 Å². The summed E-state index contributed by atoms with van der Waals surface area (Å²) in [7, 11) is 0. The van der Waals surface area contributed by atoms with Gasteiger partial charge in [0.05, 0.1) is 16.3 Å². The smallest absolute Gasteiger partial charge is 0.271 e. The van der Waals surface area contributed by atoms with Crippen LogP contribution in [0.2, 0.25) is 0 Å². The van der Waals surface area contributed by atoms with Gasteiger partial charge < -0.3 is 0 Å². The van der Waals surface area contributed by atoms with Gasteiger partial charge in [0.2, 0.25) is 0 Å². The largest absolute Gasteiger partial charge is 0.277 e. The molecule has 0 bridgehead atoms. The van der Waals surface area contributed by atoms with Gasteiger partial charge in [0.1, 0.15) is 11.9 Å². The van der Waals surface area contributed by atoms with Gasteiger partial charge in [-0.05, 0) is 30.3 Å². The number of rotatable bonds is 5. The van der Waals surface area contributed by atoms with Crippen LogP contribution in [0.15, 0.2) is 59.0 Å². The molecule has 0 aliphatic rings. The SMILES string of the molecule is N#CC(=NNc1cccc([N+](=O)[O-])c1)c1nc(-c2ccc(F)cc2)cs1. The lowest BCUT2D eigenvalue weighted by Crippen LogP contribution is -2.01. The van der Waals surface area contributed by atoms with E-state index in [4.69, 9.17) is 0 Å². The van der Waals surface area contributed by atoms with Crippen molar-refractivity contribution in [2.45, 2.75) is 0 Å². The first kappa shape index (κ1) is 17.2. The number of nitrogens with one attached hydrogen (secondary N) is 1. The number of aromatic nitrogens is 1. The first-order chi connectivity index (χ1) is 12.6. The van der Waals surface area contributed by atoms with Crippen molar-refractivity contribution in [1.82, 2.24) is 4.98 Å². The zero-order valence-corrected chi connectivity index (χ0v) is 13.9. The molecular formula is C17H10FN5O2S. The second-order valence-electron chi connectivity index (χ2n) is 5.04. The number of nitro groups is 1. The fourth-order valence-corrected chi connectivity index (χ4v) is 2.83. The van der Waals surface area contributed by atoms with Gasteiger partial charge in [-0.3, -0.25) is 15.5 Å². The summed E-state index contributed by atoms with van der Waals surface area (Å²) in [6, 6.07) is 13.6. The predicted molar refractivity (Wildman–Crippen MR) is 96.4 cm³/mol. The highest BCUT2D eigenvalue weighted by Crippen LogP contribution is 2.23. The molecule has 1 N–H and O–H groups in total. The third-order valence-corrected chi connectivity index (χ3v) is 4.16. The molecule has 2 aromatic carbocycles. The molecule has 128 valence electrons. The number of non-ortho nitro benzene ring substituents is 1. The summed E-state index contributed by atoms with van der Waals surface area (Å²) in [5.41, 5.74) is 4.27. The van der Waals surface area contributed by atoms with Gasteiger partial charge >= 0.3 is 0 Å². The summed E-state index contributed by atoms with van der Waals surface area (Å²) in [4.78, 5) is 14.6. The molecule has 1 aromatic heterocycles. The van der Waals surface area contributed by atoms with Crippen LogP contribution in [0, 0.1) is 27.3 Å². The lowest BCUT2D eigenvalue weighted by molar-refractivity contribution is -0.384. The van der Waals surface area contributed by atoms with Gasteiger partial charge in [-0.1, -0.05) is 6.07 Å². The zero-order chi connectivity index (χ0) is 18.5. The number of anilines is 1. The van der Waals surface area contributed by atoms with Crippen molar-refractivity contribution in [2.24, 2.45) is 5.10 Å². The minimum atomic E-state index is -0.518. The molecular weight excluding hydrogens is 357 g/mol. The van der Waals surface area contributed by atoms with Crippen molar-refractivity contribution in [2.75, 3.05) is 5.43 Å². The van der Waals surface area contributed by atoms with E-state index in [0.717, 1.165) is 5.56 Å². The van der Waals surface area contributed by atoms with Gasteiger partial charge in [-0.25, -0.2) is 9.37 Å². The van der Waals surface area contributed by atoms with E-state index in [1.54, 1.807) is 23.6 Å². The van der Waals surface area contributed by atoms with E-state index < -0.39 is 4.92 Å². The summed E-state index contributed by atoms with van der Waals surface area (Å²) < 4.78 is 13.0. The number of thiazole rings is 1. The van der Waals surface area contributed by atoms with Crippen LogP contribution in [-0.2, 0) is 0 Å². The maximum absolute atomic E-state index is 13.0. The van der Waals surface area contributed by atoms with Crippen molar-refractivity contribution in [1.29, 1.82) is 5.26 Å². The third kappa shape index (κ3) is 3.88. The van der Waals surface area contributed by atoms with Gasteiger partial charge in [0.15, 0.2) is 10.7 Å². The van der Waals surface area contributed by atoms with Crippen LogP contribution in [0.1, 0.15) is 5.01 Å². The summed E-state index contributed by atoms with van der Waals surface area (Å²) in [5.74, 6) is -0.343. The highest BCUT2D eigenvalue weighted by Gasteiger charge is 2.11. The van der Waals surface area contributed by atoms with E-state index in [2.05, 4.69) is 15.5 Å². The molecule has 1 heterocycles. The van der Waals surface area contributed by atoms with Crippen LogP contribution >= 0.6 is 11.3 Å². The molecule has 0 atom stereocenters. The molecule has 7 nitrogen and oxygen atoms in total. The Bertz CT molecular complexity index is 1020. The fraction of sp³-hybridized carbons (Fsp3) is 0. The number of halogens is 1. The maximum Gasteiger partial charge on any atom is 0.271 e. The second kappa shape index (κ2) is 7.50. The van der Waals surface area contributed by atoms with Crippen LogP contribution < -0.4 is 5.43 Å². The molecule has 0 fully saturated rings. The predicted octanol–water partition coefficient (Wildman–Crippen LogP) is 4.20. The average molecular weight is 367 g/mol. The maximum atomic E-state index is 13.0. The fourth-order valence-electron chi connectivity index (χ4n) is 2.07. The Labute approximate surface area is 151 Å². The molecule has 0 aliphatic heterocycles. The van der Waals surface area contributed by atoms with Crippen LogP contribution in [0.5, 0.6) is 0 Å². The topological polar surface area (TPSA) is 104 Å². The molecule has 0 aliphatic carbocycles. The molecule has 0 saturated heterocycles. The number of hydrazone groups is 1. The highest BCUT2D eigenvalue weighted by atomic mass is 32.1. The monoisotopic (exact) mass is 367 g/mol. The zero-order valence-electron chi connectivity index (χ0n) is 13.1. The lowest BCUT2D eigenvalue weighted by atomic mass is 10.2. The standard InChI is InChI=1S/C17H10FN5O2S/c18-12-6-4-11(5-7-12)16-10-26-17(20-16)15(9-19)22-21-13-2-1-3-14(8-13)23(24)25/h1-8,10,21H. The number of nitro benzene ring substituents is 1. The number of hydrogen-bond donors (Lipinski definition) is 1. The average Bonchev–Trinajstić information content (AvgIpc) is 3.13. The Morgan fingerprint density at radius 2 is 2.08 bits per heavy atom. The molecule has 3 rings (SSSR count). The number of nitriles is 1. The van der Waals surface area contributed by atoms with E-state index >= 15 is 0 Å². The van der Waals surface area contributed by atoms with Crippen LogP contribution in [0.3, 0.4) is 0 Å². The number of nitrogens with zero attached hydrogens (tertiary/aromatic N) is 4. The van der Waals surface area contributed by atoms with E-state index in [1.165, 1.54) is 41.7 Å². The quantitative estimate of drug-likeness (QED) is 0.413. The van der Waals surface area contributed by atoms with E-state index in [-0.39, 0.29) is 17.2 Å². The Kier molecular flexibility index (Phi) is 4.96. The molecule has 26 heavy (non-hydrogen) atoms. The van der Waals surface area contributed by atoms with E-state index in [1.807, 2.05) is 6.07 Å². The minimum Gasteiger partial charge on any atom is -0.277 e. The second-order valence-corrected chi connectivity index (χ2v) is 5.89. The van der Waals surface area contributed by atoms with Crippen molar-refractivity contribution >= 4 is 28.4 Å². The lowest BCUT2D eigenvalue weighted by Gasteiger charge is -2.00. The Morgan fingerprint density at radius 1 is 1.31 bits per heavy atom. The van der Waals surface area contributed by atoms with E-state index in [0.29, 0.717) is 16.4 Å². The Hall–Kier alpha value is -3.64. The Balaban J connectivity index is 1.82. The van der Waals surface area contributed by atoms with Crippen molar-refractivity contribution in [3.8, 4) is 17.3 Å². The van der Waals surface area contributed by atoms with Crippen molar-refractivity contribution in [3.63, 3.8) is 0 Å². The van der Waals surface area contributed by atoms with Crippen LogP contribution in [0.4, 0.5) is 15.8 Å². The molecule has 3 aromatic rings. The van der Waals surface area contributed by atoms with Crippen LogP contribution in [0.25, 0.3) is 11.3 Å². The molecule has 0 saturated carbocycles. The van der Waals surface area contributed by atoms with Crippen molar-refractivity contribution < 1.29 is 9.31 Å². The molecule has 9 heteroatoms. The Morgan fingerprint density at radius 3 is 2.77 bits per heavy atom. The van der Waals surface area contributed by atoms with Crippen LogP contribution in [-0.4, -0.2) is 15.6 Å². The summed E-state index contributed by atoms with van der Waals surface area (Å²) in [6.45, 7) is 0. The van der Waals surface area contributed by atoms with Gasteiger partial charge in [-0.2, -0.15) is 10.4 Å². The summed E-state index contributed by atoms with van der Waals surface area (Å²) in [5, 5.41) is 26.2.